The molecule has 1 saturated carbocycles. The van der Waals surface area contributed by atoms with E-state index >= 15 is 0 Å². The van der Waals surface area contributed by atoms with E-state index in [0.717, 1.165) is 37.2 Å². The smallest absolute Gasteiger partial charge is 0.224 e. The molecule has 1 aromatic heterocycles. The number of nitrogens with zero attached hydrogens (tertiary/aromatic N) is 3. The second-order valence-electron chi connectivity index (χ2n) is 6.11. The van der Waals surface area contributed by atoms with Crippen molar-refractivity contribution in [3.63, 3.8) is 0 Å². The van der Waals surface area contributed by atoms with Crippen molar-refractivity contribution >= 4 is 11.8 Å². The molecule has 0 spiro atoms. The van der Waals surface area contributed by atoms with Crippen molar-refractivity contribution < 1.29 is 0 Å². The highest BCUT2D eigenvalue weighted by molar-refractivity contribution is 5.44. The van der Waals surface area contributed by atoms with Crippen molar-refractivity contribution in [2.24, 2.45) is 5.92 Å². The molecule has 2 heterocycles. The van der Waals surface area contributed by atoms with E-state index < -0.39 is 0 Å². The Labute approximate surface area is 122 Å². The Balaban J connectivity index is 1.73. The maximum absolute atomic E-state index is 4.72. The number of anilines is 2. The van der Waals surface area contributed by atoms with Crippen molar-refractivity contribution in [1.82, 2.24) is 9.97 Å². The van der Waals surface area contributed by atoms with Gasteiger partial charge in [0.05, 0.1) is 0 Å². The van der Waals surface area contributed by atoms with Crippen molar-refractivity contribution in [3.8, 4) is 0 Å². The number of rotatable bonds is 5. The quantitative estimate of drug-likeness (QED) is 0.892. The van der Waals surface area contributed by atoms with Gasteiger partial charge in [-0.1, -0.05) is 19.8 Å². The summed E-state index contributed by atoms with van der Waals surface area (Å²) < 4.78 is 0. The van der Waals surface area contributed by atoms with Gasteiger partial charge in [-0.05, 0) is 44.1 Å². The lowest BCUT2D eigenvalue weighted by atomic mass is 9.96. The van der Waals surface area contributed by atoms with Crippen LogP contribution in [0.4, 0.5) is 11.8 Å². The van der Waals surface area contributed by atoms with Gasteiger partial charge in [0.25, 0.3) is 0 Å². The molecule has 0 aromatic carbocycles. The van der Waals surface area contributed by atoms with Crippen LogP contribution in [0, 0.1) is 5.92 Å². The van der Waals surface area contributed by atoms with Crippen molar-refractivity contribution in [3.05, 3.63) is 12.3 Å². The first-order valence-electron chi connectivity index (χ1n) is 8.22. The average Bonchev–Trinajstić information content (AvgIpc) is 3.15. The molecule has 1 unspecified atom stereocenters. The maximum atomic E-state index is 4.72. The van der Waals surface area contributed by atoms with Crippen molar-refractivity contribution in [2.75, 3.05) is 23.3 Å². The Kier molecular flexibility index (Phi) is 4.38. The molecule has 3 rings (SSSR count). The number of aromatic nitrogens is 2. The molecular weight excluding hydrogens is 248 g/mol. The SMILES string of the molecule is CCCNc1nccc(N2CCCC2C2CCCC2)n1. The largest absolute Gasteiger partial charge is 0.354 e. The normalized spacial score (nSPS) is 23.4. The van der Waals surface area contributed by atoms with Crippen LogP contribution in [-0.2, 0) is 0 Å². The van der Waals surface area contributed by atoms with Crippen LogP contribution < -0.4 is 10.2 Å². The fourth-order valence-corrected chi connectivity index (χ4v) is 3.74. The van der Waals surface area contributed by atoms with E-state index in [-0.39, 0.29) is 0 Å². The summed E-state index contributed by atoms with van der Waals surface area (Å²) in [5, 5.41) is 3.29. The van der Waals surface area contributed by atoms with E-state index in [2.05, 4.69) is 28.2 Å². The van der Waals surface area contributed by atoms with Gasteiger partial charge in [-0.25, -0.2) is 4.98 Å². The van der Waals surface area contributed by atoms with E-state index in [1.165, 1.54) is 38.5 Å². The van der Waals surface area contributed by atoms with Crippen molar-refractivity contribution in [1.29, 1.82) is 0 Å². The summed E-state index contributed by atoms with van der Waals surface area (Å²) >= 11 is 0. The van der Waals surface area contributed by atoms with E-state index in [1.54, 1.807) is 0 Å². The minimum Gasteiger partial charge on any atom is -0.354 e. The molecule has 1 saturated heterocycles. The summed E-state index contributed by atoms with van der Waals surface area (Å²) in [4.78, 5) is 11.6. The molecule has 20 heavy (non-hydrogen) atoms. The molecule has 4 heteroatoms. The van der Waals surface area contributed by atoms with Crippen LogP contribution in [0.25, 0.3) is 0 Å². The van der Waals surface area contributed by atoms with Crippen LogP contribution in [0.2, 0.25) is 0 Å². The highest BCUT2D eigenvalue weighted by Gasteiger charge is 2.33. The molecule has 110 valence electrons. The highest BCUT2D eigenvalue weighted by Crippen LogP contribution is 2.37. The van der Waals surface area contributed by atoms with Gasteiger partial charge >= 0.3 is 0 Å². The van der Waals surface area contributed by atoms with Gasteiger partial charge in [0.15, 0.2) is 0 Å². The third-order valence-corrected chi connectivity index (χ3v) is 4.71. The van der Waals surface area contributed by atoms with Gasteiger partial charge in [-0.15, -0.1) is 0 Å². The standard InChI is InChI=1S/C16H26N4/c1-2-10-17-16-18-11-9-15(19-16)20-12-5-8-14(20)13-6-3-4-7-13/h9,11,13-14H,2-8,10,12H2,1H3,(H,17,18,19). The third-order valence-electron chi connectivity index (χ3n) is 4.71. The molecule has 0 amide bonds. The van der Waals surface area contributed by atoms with Gasteiger partial charge in [-0.3, -0.25) is 0 Å². The first-order valence-corrected chi connectivity index (χ1v) is 8.22. The molecule has 1 aliphatic heterocycles. The molecule has 1 aliphatic carbocycles. The minimum absolute atomic E-state index is 0.714. The average molecular weight is 274 g/mol. The summed E-state index contributed by atoms with van der Waals surface area (Å²) in [7, 11) is 0. The molecule has 1 N–H and O–H groups in total. The zero-order valence-corrected chi connectivity index (χ0v) is 12.5. The predicted molar refractivity (Wildman–Crippen MR) is 83.1 cm³/mol. The first-order chi connectivity index (χ1) is 9.88. The van der Waals surface area contributed by atoms with Crippen molar-refractivity contribution in [2.45, 2.75) is 57.9 Å². The maximum Gasteiger partial charge on any atom is 0.224 e. The van der Waals surface area contributed by atoms with Crippen LogP contribution >= 0.6 is 0 Å². The first kappa shape index (κ1) is 13.7. The zero-order chi connectivity index (χ0) is 13.8. The summed E-state index contributed by atoms with van der Waals surface area (Å²) in [6.07, 6.45) is 11.3. The lowest BCUT2D eigenvalue weighted by Crippen LogP contribution is -2.35. The molecule has 1 aromatic rings. The fraction of sp³-hybridized carbons (Fsp3) is 0.750. The van der Waals surface area contributed by atoms with Crippen LogP contribution in [0.1, 0.15) is 51.9 Å². The van der Waals surface area contributed by atoms with Crippen LogP contribution in [0.5, 0.6) is 0 Å². The van der Waals surface area contributed by atoms with Gasteiger partial charge < -0.3 is 10.2 Å². The lowest BCUT2D eigenvalue weighted by molar-refractivity contribution is 0.429. The van der Waals surface area contributed by atoms with E-state index in [4.69, 9.17) is 4.98 Å². The Morgan fingerprint density at radius 1 is 1.25 bits per heavy atom. The number of hydrogen-bond acceptors (Lipinski definition) is 4. The Hall–Kier alpha value is -1.32. The summed E-state index contributed by atoms with van der Waals surface area (Å²) in [5.41, 5.74) is 0. The van der Waals surface area contributed by atoms with Crippen LogP contribution in [0.3, 0.4) is 0 Å². The third kappa shape index (κ3) is 2.89. The van der Waals surface area contributed by atoms with Crippen LogP contribution in [-0.4, -0.2) is 29.1 Å². The molecule has 2 aliphatic rings. The molecule has 0 radical (unpaired) electrons. The minimum atomic E-state index is 0.714. The fourth-order valence-electron chi connectivity index (χ4n) is 3.74. The Bertz CT molecular complexity index is 428. The lowest BCUT2D eigenvalue weighted by Gasteiger charge is -2.30. The van der Waals surface area contributed by atoms with Gasteiger partial charge in [-0.2, -0.15) is 4.98 Å². The Morgan fingerprint density at radius 3 is 2.90 bits per heavy atom. The molecule has 2 fully saturated rings. The molecule has 4 nitrogen and oxygen atoms in total. The molecular formula is C16H26N4. The van der Waals surface area contributed by atoms with Crippen LogP contribution in [0.15, 0.2) is 12.3 Å². The van der Waals surface area contributed by atoms with E-state index in [9.17, 15) is 0 Å². The molecule has 0 bridgehead atoms. The summed E-state index contributed by atoms with van der Waals surface area (Å²) in [6.45, 7) is 4.26. The Morgan fingerprint density at radius 2 is 2.10 bits per heavy atom. The van der Waals surface area contributed by atoms with Gasteiger partial charge in [0.1, 0.15) is 5.82 Å². The van der Waals surface area contributed by atoms with Gasteiger partial charge in [0.2, 0.25) is 5.95 Å². The predicted octanol–water partition coefficient (Wildman–Crippen LogP) is 3.46. The van der Waals surface area contributed by atoms with E-state index in [1.807, 2.05) is 6.20 Å². The van der Waals surface area contributed by atoms with E-state index in [0.29, 0.717) is 6.04 Å². The zero-order valence-electron chi connectivity index (χ0n) is 12.5. The number of nitrogens with one attached hydrogen (secondary N) is 1. The summed E-state index contributed by atoms with van der Waals surface area (Å²) in [5.74, 6) is 2.79. The number of hydrogen-bond donors (Lipinski definition) is 1. The second kappa shape index (κ2) is 6.42. The summed E-state index contributed by atoms with van der Waals surface area (Å²) in [6, 6.07) is 2.79. The van der Waals surface area contributed by atoms with Gasteiger partial charge in [0, 0.05) is 25.3 Å². The topological polar surface area (TPSA) is 41.1 Å². The monoisotopic (exact) mass is 274 g/mol. The molecule has 1 atom stereocenters. The highest BCUT2D eigenvalue weighted by atomic mass is 15.3. The second-order valence-corrected chi connectivity index (χ2v) is 6.11.